The van der Waals surface area contributed by atoms with E-state index in [2.05, 4.69) is 23.0 Å². The van der Waals surface area contributed by atoms with Crippen molar-refractivity contribution in [2.45, 2.75) is 13.3 Å². The van der Waals surface area contributed by atoms with E-state index in [9.17, 15) is 0 Å². The summed E-state index contributed by atoms with van der Waals surface area (Å²) in [5, 5.41) is 6.48. The molecule has 0 aromatic heterocycles. The molecule has 18 heavy (non-hydrogen) atoms. The van der Waals surface area contributed by atoms with Crippen molar-refractivity contribution < 1.29 is 14.3 Å². The first-order chi connectivity index (χ1) is 8.91. The molecule has 3 N–H and O–H groups in total. The van der Waals surface area contributed by atoms with Gasteiger partial charge in [0, 0.05) is 20.1 Å². The molecule has 0 unspecified atom stereocenters. The van der Waals surface area contributed by atoms with E-state index in [1.54, 1.807) is 7.05 Å². The highest BCUT2D eigenvalue weighted by Gasteiger charge is 1.91. The van der Waals surface area contributed by atoms with Crippen LogP contribution in [0.25, 0.3) is 0 Å². The van der Waals surface area contributed by atoms with Crippen molar-refractivity contribution in [3.63, 3.8) is 0 Å². The van der Waals surface area contributed by atoms with Crippen LogP contribution in [-0.4, -0.2) is 66.3 Å². The number of hydrogen-bond donors (Lipinski definition) is 3. The molecule has 0 rings (SSSR count). The smallest absolute Gasteiger partial charge is 0.0701 e. The highest BCUT2D eigenvalue weighted by Crippen LogP contribution is 1.79. The lowest BCUT2D eigenvalue weighted by Gasteiger charge is -2.07. The van der Waals surface area contributed by atoms with E-state index < -0.39 is 0 Å². The third-order valence-corrected chi connectivity index (χ3v) is 2.21. The third-order valence-electron chi connectivity index (χ3n) is 2.21. The lowest BCUT2D eigenvalue weighted by Crippen LogP contribution is -2.24. The average Bonchev–Trinajstić information content (AvgIpc) is 2.39. The van der Waals surface area contributed by atoms with Crippen LogP contribution in [0.1, 0.15) is 13.3 Å². The zero-order valence-corrected chi connectivity index (χ0v) is 11.8. The highest BCUT2D eigenvalue weighted by molar-refractivity contribution is 4.46. The number of nitrogens with one attached hydrogen (secondary N) is 3. The molecule has 0 aliphatic heterocycles. The maximum absolute atomic E-state index is 5.42. The Bertz CT molecular complexity index is 135. The fourth-order valence-electron chi connectivity index (χ4n) is 1.28. The summed E-state index contributed by atoms with van der Waals surface area (Å²) < 4.78 is 10.8. The van der Waals surface area contributed by atoms with Crippen LogP contribution in [0.2, 0.25) is 0 Å². The zero-order valence-electron chi connectivity index (χ0n) is 11.8. The predicted octanol–water partition coefficient (Wildman–Crippen LogP) is -0.240. The maximum Gasteiger partial charge on any atom is 0.0701 e. The minimum absolute atomic E-state index is 0.663. The van der Waals surface area contributed by atoms with Gasteiger partial charge in [0.2, 0.25) is 0 Å². The second-order valence-electron chi connectivity index (χ2n) is 3.73. The Hall–Kier alpha value is -0.240. The van der Waals surface area contributed by atoms with Gasteiger partial charge in [0.1, 0.15) is 0 Å². The normalized spacial score (nSPS) is 11.0. The molecule has 0 saturated heterocycles. The number of likely N-dealkylation sites (N-methyl/N-ethyl adjacent to an activating group) is 1. The molecule has 0 heterocycles. The van der Waals surface area contributed by atoms with E-state index in [1.165, 1.54) is 0 Å². The van der Waals surface area contributed by atoms with Gasteiger partial charge in [0.05, 0.1) is 33.0 Å². The first-order valence-corrected chi connectivity index (χ1v) is 6.77. The minimum atomic E-state index is 0.663. The van der Waals surface area contributed by atoms with Crippen molar-refractivity contribution >= 4 is 0 Å². The Balaban J connectivity index is 2.86. The highest BCUT2D eigenvalue weighted by atomic mass is 16.6. The molecule has 6 heteroatoms. The Morgan fingerprint density at radius 1 is 0.778 bits per heavy atom. The van der Waals surface area contributed by atoms with Crippen LogP contribution < -0.4 is 16.1 Å². The van der Waals surface area contributed by atoms with Crippen molar-refractivity contribution in [3.8, 4) is 0 Å². The maximum atomic E-state index is 5.42. The van der Waals surface area contributed by atoms with E-state index in [1.807, 2.05) is 0 Å². The van der Waals surface area contributed by atoms with E-state index in [4.69, 9.17) is 14.3 Å². The van der Waals surface area contributed by atoms with Gasteiger partial charge in [-0.25, -0.2) is 5.48 Å². The molecular weight excluding hydrogens is 234 g/mol. The van der Waals surface area contributed by atoms with E-state index in [0.717, 1.165) is 52.4 Å². The van der Waals surface area contributed by atoms with Crippen LogP contribution in [0.3, 0.4) is 0 Å². The molecule has 6 nitrogen and oxygen atoms in total. The van der Waals surface area contributed by atoms with Crippen molar-refractivity contribution in [1.82, 2.24) is 16.1 Å². The molecule has 110 valence electrons. The third kappa shape index (κ3) is 15.8. The summed E-state index contributed by atoms with van der Waals surface area (Å²) in [5.41, 5.74) is 2.64. The quantitative estimate of drug-likeness (QED) is 0.280. The van der Waals surface area contributed by atoms with Gasteiger partial charge in [-0.05, 0) is 19.5 Å². The first-order valence-electron chi connectivity index (χ1n) is 6.77. The molecule has 0 atom stereocenters. The number of ether oxygens (including phenoxy) is 2. The number of rotatable bonds is 15. The Morgan fingerprint density at radius 2 is 1.44 bits per heavy atom. The Kier molecular flexibility index (Phi) is 16.5. The topological polar surface area (TPSA) is 63.8 Å². The predicted molar refractivity (Wildman–Crippen MR) is 72.7 cm³/mol. The van der Waals surface area contributed by atoms with Gasteiger partial charge in [-0.3, -0.25) is 0 Å². The van der Waals surface area contributed by atoms with Crippen LogP contribution in [0, 0.1) is 0 Å². The minimum Gasteiger partial charge on any atom is -0.378 e. The number of hydrogen-bond acceptors (Lipinski definition) is 6. The van der Waals surface area contributed by atoms with Crippen LogP contribution in [-0.2, 0) is 14.3 Å². The largest absolute Gasteiger partial charge is 0.378 e. The molecule has 0 aromatic rings. The second kappa shape index (κ2) is 16.8. The SMILES string of the molecule is CCNCCOCCOCCNCCCONC. The van der Waals surface area contributed by atoms with Crippen molar-refractivity contribution in [1.29, 1.82) is 0 Å². The Morgan fingerprint density at radius 3 is 2.06 bits per heavy atom. The first kappa shape index (κ1) is 17.8. The summed E-state index contributed by atoms with van der Waals surface area (Å²) in [7, 11) is 1.77. The lowest BCUT2D eigenvalue weighted by molar-refractivity contribution is 0.0479. The van der Waals surface area contributed by atoms with Crippen molar-refractivity contribution in [2.24, 2.45) is 0 Å². The van der Waals surface area contributed by atoms with Crippen molar-refractivity contribution in [2.75, 3.05) is 66.3 Å². The zero-order chi connectivity index (χ0) is 13.3. The Labute approximate surface area is 111 Å². The van der Waals surface area contributed by atoms with Crippen LogP contribution in [0.5, 0.6) is 0 Å². The molecule has 0 spiro atoms. The average molecular weight is 263 g/mol. The molecule has 0 bridgehead atoms. The second-order valence-corrected chi connectivity index (χ2v) is 3.73. The summed E-state index contributed by atoms with van der Waals surface area (Å²) in [5.74, 6) is 0. The molecule has 0 aliphatic carbocycles. The fourth-order valence-corrected chi connectivity index (χ4v) is 1.28. The summed E-state index contributed by atoms with van der Waals surface area (Å²) in [6.45, 7) is 9.34. The van der Waals surface area contributed by atoms with E-state index in [-0.39, 0.29) is 0 Å². The van der Waals surface area contributed by atoms with Gasteiger partial charge in [-0.15, -0.1) is 0 Å². The molecule has 0 amide bonds. The lowest BCUT2D eigenvalue weighted by atomic mass is 10.4. The fraction of sp³-hybridized carbons (Fsp3) is 1.00. The van der Waals surface area contributed by atoms with E-state index >= 15 is 0 Å². The van der Waals surface area contributed by atoms with Crippen molar-refractivity contribution in [3.05, 3.63) is 0 Å². The van der Waals surface area contributed by atoms with Gasteiger partial charge >= 0.3 is 0 Å². The number of hydroxylamine groups is 1. The summed E-state index contributed by atoms with van der Waals surface area (Å²) in [6.07, 6.45) is 0.994. The molecule has 0 radical (unpaired) electrons. The molecule has 0 fully saturated rings. The summed E-state index contributed by atoms with van der Waals surface area (Å²) in [4.78, 5) is 4.99. The summed E-state index contributed by atoms with van der Waals surface area (Å²) in [6, 6.07) is 0. The summed E-state index contributed by atoms with van der Waals surface area (Å²) >= 11 is 0. The van der Waals surface area contributed by atoms with Gasteiger partial charge in [-0.1, -0.05) is 6.92 Å². The van der Waals surface area contributed by atoms with Crippen LogP contribution >= 0.6 is 0 Å². The van der Waals surface area contributed by atoms with Gasteiger partial charge < -0.3 is 24.9 Å². The van der Waals surface area contributed by atoms with Crippen LogP contribution in [0.15, 0.2) is 0 Å². The molecule has 0 aromatic carbocycles. The molecule has 0 aliphatic rings. The van der Waals surface area contributed by atoms with Gasteiger partial charge in [0.15, 0.2) is 0 Å². The van der Waals surface area contributed by atoms with Gasteiger partial charge in [0.25, 0.3) is 0 Å². The van der Waals surface area contributed by atoms with Gasteiger partial charge in [-0.2, -0.15) is 0 Å². The monoisotopic (exact) mass is 263 g/mol. The van der Waals surface area contributed by atoms with Crippen LogP contribution in [0.4, 0.5) is 0 Å². The van der Waals surface area contributed by atoms with E-state index in [0.29, 0.717) is 13.2 Å². The standard InChI is InChI=1S/C12H29N3O3/c1-3-14-6-9-16-11-12-17-10-7-15-5-4-8-18-13-2/h13-15H,3-12H2,1-2H3. The molecular formula is C12H29N3O3. The molecule has 0 saturated carbocycles.